The highest BCUT2D eigenvalue weighted by atomic mass is 35.5. The molecule has 0 radical (unpaired) electrons. The predicted octanol–water partition coefficient (Wildman–Crippen LogP) is 4.18. The van der Waals surface area contributed by atoms with Gasteiger partial charge in [0, 0.05) is 12.3 Å². The minimum Gasteiger partial charge on any atom is -0.487 e. The number of benzene rings is 2. The van der Waals surface area contributed by atoms with Crippen LogP contribution >= 0.6 is 11.6 Å². The van der Waals surface area contributed by atoms with Crippen molar-refractivity contribution in [2.75, 3.05) is 11.9 Å². The number of anilines is 1. The van der Waals surface area contributed by atoms with Crippen molar-refractivity contribution in [3.63, 3.8) is 0 Å². The second kappa shape index (κ2) is 7.64. The molecule has 0 bridgehead atoms. The summed E-state index contributed by atoms with van der Waals surface area (Å²) < 4.78 is 24.1. The van der Waals surface area contributed by atoms with Gasteiger partial charge in [-0.2, -0.15) is 0 Å². The molecule has 126 valence electrons. The largest absolute Gasteiger partial charge is 0.487 e. The van der Waals surface area contributed by atoms with Crippen molar-refractivity contribution in [2.24, 2.45) is 0 Å². The molecule has 3 rings (SSSR count). The highest BCUT2D eigenvalue weighted by Gasteiger charge is 2.23. The minimum absolute atomic E-state index is 0.169. The summed E-state index contributed by atoms with van der Waals surface area (Å²) in [5.74, 6) is -0.0116. The SMILES string of the molecule is O=C(Nc1ccc(OCc2cccc(F)c2)c(Cl)c1)[C@H]1CCCO1. The summed E-state index contributed by atoms with van der Waals surface area (Å²) in [4.78, 5) is 12.0. The minimum atomic E-state index is -0.396. The fourth-order valence-electron chi connectivity index (χ4n) is 2.49. The van der Waals surface area contributed by atoms with Gasteiger partial charge in [0.25, 0.3) is 5.91 Å². The zero-order valence-corrected chi connectivity index (χ0v) is 13.7. The van der Waals surface area contributed by atoms with Gasteiger partial charge in [-0.1, -0.05) is 23.7 Å². The van der Waals surface area contributed by atoms with Crippen LogP contribution in [0.5, 0.6) is 5.75 Å². The van der Waals surface area contributed by atoms with Gasteiger partial charge in [-0.25, -0.2) is 4.39 Å². The maximum atomic E-state index is 13.1. The van der Waals surface area contributed by atoms with Gasteiger partial charge in [0.15, 0.2) is 0 Å². The third kappa shape index (κ3) is 4.24. The van der Waals surface area contributed by atoms with Crippen molar-refractivity contribution >= 4 is 23.2 Å². The van der Waals surface area contributed by atoms with E-state index >= 15 is 0 Å². The molecule has 1 heterocycles. The van der Waals surface area contributed by atoms with Crippen LogP contribution in [0.25, 0.3) is 0 Å². The number of rotatable bonds is 5. The van der Waals surface area contributed by atoms with Crippen LogP contribution < -0.4 is 10.1 Å². The first-order valence-electron chi connectivity index (χ1n) is 7.71. The summed E-state index contributed by atoms with van der Waals surface area (Å²) >= 11 is 6.19. The number of nitrogens with one attached hydrogen (secondary N) is 1. The molecule has 2 aromatic carbocycles. The first-order valence-corrected chi connectivity index (χ1v) is 8.09. The molecule has 1 fully saturated rings. The van der Waals surface area contributed by atoms with Crippen molar-refractivity contribution in [2.45, 2.75) is 25.6 Å². The van der Waals surface area contributed by atoms with E-state index in [1.54, 1.807) is 30.3 Å². The monoisotopic (exact) mass is 349 g/mol. The Balaban J connectivity index is 1.60. The van der Waals surface area contributed by atoms with Crippen molar-refractivity contribution < 1.29 is 18.7 Å². The molecule has 1 saturated heterocycles. The predicted molar refractivity (Wildman–Crippen MR) is 89.8 cm³/mol. The van der Waals surface area contributed by atoms with Gasteiger partial charge in [-0.15, -0.1) is 0 Å². The summed E-state index contributed by atoms with van der Waals surface area (Å²) in [6.07, 6.45) is 1.23. The first-order chi connectivity index (χ1) is 11.6. The van der Waals surface area contributed by atoms with Crippen molar-refractivity contribution in [3.8, 4) is 5.75 Å². The topological polar surface area (TPSA) is 47.6 Å². The maximum Gasteiger partial charge on any atom is 0.253 e. The van der Waals surface area contributed by atoms with Crippen LogP contribution in [0.3, 0.4) is 0 Å². The normalized spacial score (nSPS) is 16.8. The number of hydrogen-bond donors (Lipinski definition) is 1. The molecule has 0 aromatic heterocycles. The molecular formula is C18H17ClFNO3. The van der Waals surface area contributed by atoms with E-state index in [2.05, 4.69) is 5.32 Å². The molecule has 24 heavy (non-hydrogen) atoms. The van der Waals surface area contributed by atoms with Gasteiger partial charge < -0.3 is 14.8 Å². The molecule has 0 aliphatic carbocycles. The molecule has 1 aliphatic heterocycles. The lowest BCUT2D eigenvalue weighted by molar-refractivity contribution is -0.124. The van der Waals surface area contributed by atoms with E-state index in [1.165, 1.54) is 12.1 Å². The van der Waals surface area contributed by atoms with Gasteiger partial charge in [0.2, 0.25) is 0 Å². The van der Waals surface area contributed by atoms with E-state index in [1.807, 2.05) is 0 Å². The molecular weight excluding hydrogens is 333 g/mol. The van der Waals surface area contributed by atoms with E-state index in [0.717, 1.165) is 12.8 Å². The quantitative estimate of drug-likeness (QED) is 0.881. The van der Waals surface area contributed by atoms with Crippen LogP contribution in [0.4, 0.5) is 10.1 Å². The fraction of sp³-hybridized carbons (Fsp3) is 0.278. The van der Waals surface area contributed by atoms with Gasteiger partial charge in [0.1, 0.15) is 24.3 Å². The third-order valence-electron chi connectivity index (χ3n) is 3.70. The lowest BCUT2D eigenvalue weighted by atomic mass is 10.2. The van der Waals surface area contributed by atoms with Crippen LogP contribution in [-0.2, 0) is 16.1 Å². The van der Waals surface area contributed by atoms with E-state index in [-0.39, 0.29) is 18.3 Å². The molecule has 0 spiro atoms. The Kier molecular flexibility index (Phi) is 5.33. The number of ether oxygens (including phenoxy) is 2. The number of amides is 1. The average Bonchev–Trinajstić information content (AvgIpc) is 3.09. The smallest absolute Gasteiger partial charge is 0.253 e. The Labute approximate surface area is 144 Å². The zero-order chi connectivity index (χ0) is 16.9. The van der Waals surface area contributed by atoms with Crippen molar-refractivity contribution in [1.29, 1.82) is 0 Å². The Morgan fingerprint density at radius 2 is 2.21 bits per heavy atom. The fourth-order valence-corrected chi connectivity index (χ4v) is 2.73. The zero-order valence-electron chi connectivity index (χ0n) is 12.9. The standard InChI is InChI=1S/C18H17ClFNO3/c19-15-10-14(21-18(22)17-5-2-8-23-17)6-7-16(15)24-11-12-3-1-4-13(20)9-12/h1,3-4,6-7,9-10,17H,2,5,8,11H2,(H,21,22)/t17-/m1/s1. The van der Waals surface area contributed by atoms with Gasteiger partial charge in [0.05, 0.1) is 5.02 Å². The van der Waals surface area contributed by atoms with Crippen LogP contribution in [0.1, 0.15) is 18.4 Å². The lowest BCUT2D eigenvalue weighted by Crippen LogP contribution is -2.26. The summed E-state index contributed by atoms with van der Waals surface area (Å²) in [6.45, 7) is 0.824. The van der Waals surface area contributed by atoms with Crippen LogP contribution in [-0.4, -0.2) is 18.6 Å². The molecule has 1 atom stereocenters. The van der Waals surface area contributed by atoms with E-state index < -0.39 is 6.10 Å². The average molecular weight is 350 g/mol. The summed E-state index contributed by atoms with van der Waals surface area (Å²) in [5, 5.41) is 3.15. The number of hydrogen-bond acceptors (Lipinski definition) is 3. The van der Waals surface area contributed by atoms with Gasteiger partial charge in [-0.3, -0.25) is 4.79 Å². The number of halogens is 2. The van der Waals surface area contributed by atoms with Crippen molar-refractivity contribution in [1.82, 2.24) is 0 Å². The summed E-state index contributed by atoms with van der Waals surface area (Å²) in [5.41, 5.74) is 1.29. The number of carbonyl (C=O) groups excluding carboxylic acids is 1. The second-order valence-corrected chi connectivity index (χ2v) is 5.96. The molecule has 0 unspecified atom stereocenters. The molecule has 1 amide bonds. The van der Waals surface area contributed by atoms with E-state index in [0.29, 0.717) is 28.6 Å². The first kappa shape index (κ1) is 16.7. The molecule has 2 aromatic rings. The Bertz CT molecular complexity index is 732. The summed E-state index contributed by atoms with van der Waals surface area (Å²) in [6, 6.07) is 11.2. The summed E-state index contributed by atoms with van der Waals surface area (Å²) in [7, 11) is 0. The Morgan fingerprint density at radius 1 is 1.33 bits per heavy atom. The third-order valence-corrected chi connectivity index (χ3v) is 4.00. The van der Waals surface area contributed by atoms with Crippen molar-refractivity contribution in [3.05, 3.63) is 58.9 Å². The molecule has 0 saturated carbocycles. The van der Waals surface area contributed by atoms with E-state index in [4.69, 9.17) is 21.1 Å². The Hall–Kier alpha value is -2.11. The highest BCUT2D eigenvalue weighted by Crippen LogP contribution is 2.29. The second-order valence-electron chi connectivity index (χ2n) is 5.55. The van der Waals surface area contributed by atoms with Crippen LogP contribution in [0, 0.1) is 5.82 Å². The molecule has 4 nitrogen and oxygen atoms in total. The van der Waals surface area contributed by atoms with Crippen LogP contribution in [0.2, 0.25) is 5.02 Å². The molecule has 1 aliphatic rings. The van der Waals surface area contributed by atoms with Crippen LogP contribution in [0.15, 0.2) is 42.5 Å². The highest BCUT2D eigenvalue weighted by molar-refractivity contribution is 6.32. The molecule has 1 N–H and O–H groups in total. The number of carbonyl (C=O) groups is 1. The Morgan fingerprint density at radius 3 is 2.92 bits per heavy atom. The molecule has 6 heteroatoms. The van der Waals surface area contributed by atoms with Gasteiger partial charge >= 0.3 is 0 Å². The van der Waals surface area contributed by atoms with E-state index in [9.17, 15) is 9.18 Å². The lowest BCUT2D eigenvalue weighted by Gasteiger charge is -2.12. The maximum absolute atomic E-state index is 13.1. The van der Waals surface area contributed by atoms with Gasteiger partial charge in [-0.05, 0) is 48.7 Å².